The first-order chi connectivity index (χ1) is 16.2. The number of hydrogen-bond acceptors (Lipinski definition) is 6. The Balaban J connectivity index is 1.37. The summed E-state index contributed by atoms with van der Waals surface area (Å²) in [5, 5.41) is 4.41. The standard InChI is InChI=1S/C25H23FN6O/c1-17-14-30(15-28-17)22-9-4-18(24-23(22)29-16-33-24)13-19-3-2-11-32-25(19)27-10-12-31(32)21-7-5-20(26)6-8-21/h4-9,13-16H,2-3,10-12H2,1H3. The molecule has 4 heterocycles. The fourth-order valence-corrected chi connectivity index (χ4v) is 4.63. The Kier molecular flexibility index (Phi) is 4.71. The smallest absolute Gasteiger partial charge is 0.182 e. The molecule has 0 aliphatic carbocycles. The van der Waals surface area contributed by atoms with Gasteiger partial charge in [0.15, 0.2) is 12.0 Å². The van der Waals surface area contributed by atoms with Crippen LogP contribution in [0.25, 0.3) is 22.9 Å². The largest absolute Gasteiger partial charge is 0.443 e. The van der Waals surface area contributed by atoms with E-state index in [0.29, 0.717) is 6.54 Å². The molecule has 1 saturated heterocycles. The van der Waals surface area contributed by atoms with Crippen molar-refractivity contribution in [2.24, 2.45) is 4.99 Å². The van der Waals surface area contributed by atoms with Crippen molar-refractivity contribution in [1.82, 2.24) is 19.5 Å². The van der Waals surface area contributed by atoms with Gasteiger partial charge in [-0.15, -0.1) is 0 Å². The molecule has 4 aromatic rings. The van der Waals surface area contributed by atoms with E-state index < -0.39 is 0 Å². The summed E-state index contributed by atoms with van der Waals surface area (Å²) in [4.78, 5) is 13.7. The number of nitrogens with zero attached hydrogens (tertiary/aromatic N) is 6. The lowest BCUT2D eigenvalue weighted by Crippen LogP contribution is -2.53. The van der Waals surface area contributed by atoms with E-state index in [1.54, 1.807) is 6.33 Å². The van der Waals surface area contributed by atoms with Crippen LogP contribution in [0.1, 0.15) is 24.1 Å². The van der Waals surface area contributed by atoms with E-state index in [-0.39, 0.29) is 5.82 Å². The number of rotatable bonds is 3. The van der Waals surface area contributed by atoms with Crippen LogP contribution >= 0.6 is 0 Å². The molecule has 33 heavy (non-hydrogen) atoms. The van der Waals surface area contributed by atoms with Gasteiger partial charge in [0.05, 0.1) is 36.5 Å². The number of hydrogen-bond donors (Lipinski definition) is 0. The SMILES string of the molecule is Cc1cn(-c2ccc(C=C3CCCN4C3=NCCN4c3ccc(F)cc3)c3ocnc23)cn1. The van der Waals surface area contributed by atoms with Crippen molar-refractivity contribution in [3.8, 4) is 5.69 Å². The summed E-state index contributed by atoms with van der Waals surface area (Å²) >= 11 is 0. The number of aliphatic imine (C=N–C) groups is 1. The highest BCUT2D eigenvalue weighted by Gasteiger charge is 2.29. The predicted octanol–water partition coefficient (Wildman–Crippen LogP) is 4.77. The molecule has 6 rings (SSSR count). The molecular weight excluding hydrogens is 419 g/mol. The van der Waals surface area contributed by atoms with Gasteiger partial charge in [-0.25, -0.2) is 14.4 Å². The molecule has 2 aromatic carbocycles. The molecule has 0 N–H and O–H groups in total. The number of benzene rings is 2. The third kappa shape index (κ3) is 3.47. The minimum absolute atomic E-state index is 0.228. The highest BCUT2D eigenvalue weighted by atomic mass is 19.1. The predicted molar refractivity (Wildman–Crippen MR) is 126 cm³/mol. The molecule has 0 spiro atoms. The number of fused-ring (bicyclic) bond motifs is 2. The third-order valence-electron chi connectivity index (χ3n) is 6.15. The zero-order valence-electron chi connectivity index (χ0n) is 18.3. The summed E-state index contributed by atoms with van der Waals surface area (Å²) in [5.41, 5.74) is 6.54. The van der Waals surface area contributed by atoms with Crippen LogP contribution in [0.3, 0.4) is 0 Å². The van der Waals surface area contributed by atoms with Crippen LogP contribution in [-0.2, 0) is 0 Å². The second-order valence-corrected chi connectivity index (χ2v) is 8.33. The number of amidine groups is 1. The highest BCUT2D eigenvalue weighted by Crippen LogP contribution is 2.31. The molecule has 166 valence electrons. The number of imidazole rings is 1. The van der Waals surface area contributed by atoms with Crippen molar-refractivity contribution in [2.75, 3.05) is 24.6 Å². The highest BCUT2D eigenvalue weighted by molar-refractivity contribution is 6.05. The zero-order chi connectivity index (χ0) is 22.4. The van der Waals surface area contributed by atoms with Crippen molar-refractivity contribution in [3.05, 3.63) is 78.0 Å². The van der Waals surface area contributed by atoms with E-state index in [1.807, 2.05) is 35.9 Å². The van der Waals surface area contributed by atoms with E-state index >= 15 is 0 Å². The van der Waals surface area contributed by atoms with E-state index in [4.69, 9.17) is 9.41 Å². The zero-order valence-corrected chi connectivity index (χ0v) is 18.3. The summed E-state index contributed by atoms with van der Waals surface area (Å²) in [6.07, 6.45) is 9.36. The monoisotopic (exact) mass is 442 g/mol. The molecule has 7 nitrogen and oxygen atoms in total. The maximum atomic E-state index is 13.4. The van der Waals surface area contributed by atoms with Crippen LogP contribution in [-0.4, -0.2) is 45.0 Å². The van der Waals surface area contributed by atoms with Crippen LogP contribution < -0.4 is 5.01 Å². The molecule has 8 heteroatoms. The number of anilines is 1. The minimum Gasteiger partial charge on any atom is -0.443 e. The third-order valence-corrected chi connectivity index (χ3v) is 6.15. The van der Waals surface area contributed by atoms with Gasteiger partial charge in [-0.1, -0.05) is 0 Å². The molecule has 0 bridgehead atoms. The van der Waals surface area contributed by atoms with Gasteiger partial charge in [-0.05, 0) is 67.8 Å². The Morgan fingerprint density at radius 2 is 1.91 bits per heavy atom. The van der Waals surface area contributed by atoms with Gasteiger partial charge in [0.1, 0.15) is 17.2 Å². The maximum Gasteiger partial charge on any atom is 0.182 e. The lowest BCUT2D eigenvalue weighted by molar-refractivity contribution is 0.348. The first-order valence-corrected chi connectivity index (χ1v) is 11.1. The molecular formula is C25H23FN6O. The molecule has 0 radical (unpaired) electrons. The Bertz CT molecular complexity index is 1380. The molecule has 0 amide bonds. The van der Waals surface area contributed by atoms with Gasteiger partial charge in [0.2, 0.25) is 0 Å². The van der Waals surface area contributed by atoms with Gasteiger partial charge >= 0.3 is 0 Å². The number of aryl methyl sites for hydroxylation is 1. The van der Waals surface area contributed by atoms with Gasteiger partial charge in [0.25, 0.3) is 0 Å². The van der Waals surface area contributed by atoms with Crippen LogP contribution in [0.5, 0.6) is 0 Å². The summed E-state index contributed by atoms with van der Waals surface area (Å²) in [6, 6.07) is 10.8. The topological polar surface area (TPSA) is 62.7 Å². The first-order valence-electron chi connectivity index (χ1n) is 11.1. The molecule has 1 fully saturated rings. The average molecular weight is 442 g/mol. The number of halogens is 1. The normalized spacial score (nSPS) is 17.5. The molecule has 2 aromatic heterocycles. The summed E-state index contributed by atoms with van der Waals surface area (Å²) in [7, 11) is 0. The average Bonchev–Trinajstić information content (AvgIpc) is 3.49. The fourth-order valence-electron chi connectivity index (χ4n) is 4.63. The van der Waals surface area contributed by atoms with E-state index in [2.05, 4.69) is 32.1 Å². The Hall–Kier alpha value is -3.94. The number of aromatic nitrogens is 3. The van der Waals surface area contributed by atoms with Gasteiger partial charge in [-0.2, -0.15) is 0 Å². The van der Waals surface area contributed by atoms with E-state index in [1.165, 1.54) is 18.5 Å². The molecule has 0 saturated carbocycles. The van der Waals surface area contributed by atoms with Crippen molar-refractivity contribution in [3.63, 3.8) is 0 Å². The quantitative estimate of drug-likeness (QED) is 0.457. The lowest BCUT2D eigenvalue weighted by Gasteiger charge is -2.44. The number of oxazole rings is 1. The lowest BCUT2D eigenvalue weighted by atomic mass is 10.00. The van der Waals surface area contributed by atoms with E-state index in [9.17, 15) is 4.39 Å². The van der Waals surface area contributed by atoms with Crippen molar-refractivity contribution >= 4 is 28.7 Å². The van der Waals surface area contributed by atoms with Crippen LogP contribution in [0.15, 0.2) is 70.3 Å². The van der Waals surface area contributed by atoms with E-state index in [0.717, 1.165) is 71.1 Å². The number of piperidine rings is 1. The maximum absolute atomic E-state index is 13.4. The second kappa shape index (κ2) is 7.88. The molecule has 0 atom stereocenters. The van der Waals surface area contributed by atoms with Gasteiger partial charge in [0, 0.05) is 18.3 Å². The summed E-state index contributed by atoms with van der Waals surface area (Å²) in [5.74, 6) is 0.744. The van der Waals surface area contributed by atoms with Crippen molar-refractivity contribution < 1.29 is 8.81 Å². The summed E-state index contributed by atoms with van der Waals surface area (Å²) < 4.78 is 21.2. The fraction of sp³-hybridized carbons (Fsp3) is 0.240. The van der Waals surface area contributed by atoms with Crippen molar-refractivity contribution in [1.29, 1.82) is 0 Å². The Morgan fingerprint density at radius 3 is 2.73 bits per heavy atom. The minimum atomic E-state index is -0.228. The molecule has 2 aliphatic rings. The van der Waals surface area contributed by atoms with Gasteiger partial charge in [-0.3, -0.25) is 15.0 Å². The Morgan fingerprint density at radius 1 is 1.03 bits per heavy atom. The molecule has 2 aliphatic heterocycles. The summed E-state index contributed by atoms with van der Waals surface area (Å²) in [6.45, 7) is 4.30. The van der Waals surface area contributed by atoms with Gasteiger partial charge < -0.3 is 8.98 Å². The number of hydrazine groups is 1. The van der Waals surface area contributed by atoms with Crippen LogP contribution in [0, 0.1) is 12.7 Å². The second-order valence-electron chi connectivity index (χ2n) is 8.33. The van der Waals surface area contributed by atoms with Crippen LogP contribution in [0.2, 0.25) is 0 Å². The molecule has 0 unspecified atom stereocenters. The Labute approximate surface area is 190 Å². The first kappa shape index (κ1) is 19.7. The van der Waals surface area contributed by atoms with Crippen molar-refractivity contribution in [2.45, 2.75) is 19.8 Å². The van der Waals surface area contributed by atoms with Crippen LogP contribution in [0.4, 0.5) is 10.1 Å².